The summed E-state index contributed by atoms with van der Waals surface area (Å²) in [7, 11) is 0. The lowest BCUT2D eigenvalue weighted by Gasteiger charge is -2.34. The van der Waals surface area contributed by atoms with E-state index in [1.807, 2.05) is 6.92 Å². The van der Waals surface area contributed by atoms with Gasteiger partial charge in [-0.3, -0.25) is 0 Å². The molecule has 0 spiro atoms. The number of nitriles is 1. The minimum absolute atomic E-state index is 0.538. The number of hydrogen-bond donors (Lipinski definition) is 1. The van der Waals surface area contributed by atoms with E-state index in [1.165, 1.54) is 5.56 Å². The number of nitrogens with one attached hydrogen (secondary N) is 1. The Bertz CT molecular complexity index is 813. The molecule has 3 rings (SSSR count). The van der Waals surface area contributed by atoms with Crippen LogP contribution in [0.5, 0.6) is 0 Å². The first-order valence-electron chi connectivity index (χ1n) is 8.57. The Morgan fingerprint density at radius 2 is 2.04 bits per heavy atom. The van der Waals surface area contributed by atoms with Gasteiger partial charge in [-0.15, -0.1) is 0 Å². The Morgan fingerprint density at radius 3 is 2.72 bits per heavy atom. The van der Waals surface area contributed by atoms with Crippen LogP contribution in [-0.4, -0.2) is 28.0 Å². The normalized spacial score (nSPS) is 14.8. The summed E-state index contributed by atoms with van der Waals surface area (Å²) in [6.07, 6.45) is 3.88. The largest absolute Gasteiger partial charge is 0.375 e. The van der Waals surface area contributed by atoms with Crippen molar-refractivity contribution in [3.05, 3.63) is 59.6 Å². The van der Waals surface area contributed by atoms with Crippen molar-refractivity contribution in [1.82, 2.24) is 14.9 Å². The summed E-state index contributed by atoms with van der Waals surface area (Å²) in [6, 6.07) is 9.83. The molecule has 0 radical (unpaired) electrons. The third-order valence-corrected chi connectivity index (χ3v) is 4.63. The zero-order valence-electron chi connectivity index (χ0n) is 14.8. The molecule has 0 aliphatic carbocycles. The highest BCUT2D eigenvalue weighted by atomic mass is 15.1. The van der Waals surface area contributed by atoms with Gasteiger partial charge in [0.15, 0.2) is 0 Å². The Balaban J connectivity index is 1.77. The first-order chi connectivity index (χ1) is 12.0. The van der Waals surface area contributed by atoms with Crippen molar-refractivity contribution < 1.29 is 0 Å². The summed E-state index contributed by atoms with van der Waals surface area (Å²) >= 11 is 0. The fourth-order valence-electron chi connectivity index (χ4n) is 3.29. The molecule has 0 atom stereocenters. The van der Waals surface area contributed by atoms with Crippen molar-refractivity contribution in [3.63, 3.8) is 0 Å². The molecule has 0 amide bonds. The molecule has 1 aliphatic rings. The van der Waals surface area contributed by atoms with Crippen LogP contribution in [0.25, 0.3) is 0 Å². The standard InChI is InChI=1S/C20H23N5/c1-14(2)25-8-5-17(6-9-25)18-10-15(3)23-20(12-18)24-19-11-16(13-21)4-7-22-19/h4,7,10-12,17H,1,5-6,8-9H2,2-3H3,(H,22,23,24). The minimum Gasteiger partial charge on any atom is -0.375 e. The Morgan fingerprint density at radius 1 is 1.28 bits per heavy atom. The number of likely N-dealkylation sites (tertiary alicyclic amines) is 1. The number of nitrogens with zero attached hydrogens (tertiary/aromatic N) is 4. The second-order valence-corrected chi connectivity index (χ2v) is 6.59. The van der Waals surface area contributed by atoms with Crippen LogP contribution in [0.15, 0.2) is 42.7 Å². The van der Waals surface area contributed by atoms with Gasteiger partial charge in [0.05, 0.1) is 11.6 Å². The molecule has 0 unspecified atom stereocenters. The molecule has 1 saturated heterocycles. The average Bonchev–Trinajstić information content (AvgIpc) is 2.61. The van der Waals surface area contributed by atoms with Crippen LogP contribution in [0.1, 0.15) is 42.5 Å². The van der Waals surface area contributed by atoms with Crippen molar-refractivity contribution >= 4 is 11.6 Å². The predicted molar refractivity (Wildman–Crippen MR) is 99.6 cm³/mol. The van der Waals surface area contributed by atoms with Crippen molar-refractivity contribution in [3.8, 4) is 6.07 Å². The number of hydrogen-bond acceptors (Lipinski definition) is 5. The van der Waals surface area contributed by atoms with Crippen molar-refractivity contribution in [1.29, 1.82) is 5.26 Å². The van der Waals surface area contributed by atoms with E-state index in [0.717, 1.165) is 43.1 Å². The summed E-state index contributed by atoms with van der Waals surface area (Å²) in [6.45, 7) is 10.2. The molecule has 2 aromatic rings. The van der Waals surface area contributed by atoms with Gasteiger partial charge in [-0.1, -0.05) is 6.58 Å². The molecule has 128 valence electrons. The van der Waals surface area contributed by atoms with Crippen LogP contribution in [0.2, 0.25) is 0 Å². The van der Waals surface area contributed by atoms with Crippen molar-refractivity contribution in [2.24, 2.45) is 0 Å². The number of piperidine rings is 1. The van der Waals surface area contributed by atoms with Gasteiger partial charge in [0, 0.05) is 30.7 Å². The van der Waals surface area contributed by atoms with E-state index in [2.05, 4.69) is 51.9 Å². The third-order valence-electron chi connectivity index (χ3n) is 4.63. The quantitative estimate of drug-likeness (QED) is 0.912. The molecule has 1 fully saturated rings. The molecule has 5 heteroatoms. The summed E-state index contributed by atoms with van der Waals surface area (Å²) in [5, 5.41) is 12.2. The topological polar surface area (TPSA) is 64.8 Å². The van der Waals surface area contributed by atoms with Gasteiger partial charge < -0.3 is 10.2 Å². The Hall–Kier alpha value is -2.87. The monoisotopic (exact) mass is 333 g/mol. The maximum atomic E-state index is 9.02. The number of pyridine rings is 2. The summed E-state index contributed by atoms with van der Waals surface area (Å²) in [5.41, 5.74) is 4.03. The zero-order valence-corrected chi connectivity index (χ0v) is 14.8. The van der Waals surface area contributed by atoms with Gasteiger partial charge in [-0.25, -0.2) is 9.97 Å². The molecular formula is C20H23N5. The molecule has 25 heavy (non-hydrogen) atoms. The van der Waals surface area contributed by atoms with Crippen LogP contribution in [0, 0.1) is 18.3 Å². The zero-order chi connectivity index (χ0) is 17.8. The van der Waals surface area contributed by atoms with E-state index < -0.39 is 0 Å². The number of anilines is 2. The highest BCUT2D eigenvalue weighted by molar-refractivity contribution is 5.55. The second-order valence-electron chi connectivity index (χ2n) is 6.59. The number of aromatic nitrogens is 2. The lowest BCUT2D eigenvalue weighted by molar-refractivity contribution is 0.264. The van der Waals surface area contributed by atoms with Crippen LogP contribution < -0.4 is 5.32 Å². The average molecular weight is 333 g/mol. The molecular weight excluding hydrogens is 310 g/mol. The fraction of sp³-hybridized carbons (Fsp3) is 0.350. The van der Waals surface area contributed by atoms with E-state index >= 15 is 0 Å². The third kappa shape index (κ3) is 4.16. The van der Waals surface area contributed by atoms with Gasteiger partial charge in [-0.2, -0.15) is 5.26 Å². The lowest BCUT2D eigenvalue weighted by Crippen LogP contribution is -2.31. The number of aryl methyl sites for hydroxylation is 1. The van der Waals surface area contributed by atoms with Crippen LogP contribution in [0.3, 0.4) is 0 Å². The van der Waals surface area contributed by atoms with Crippen molar-refractivity contribution in [2.75, 3.05) is 18.4 Å². The molecule has 1 aliphatic heterocycles. The molecule has 2 aromatic heterocycles. The highest BCUT2D eigenvalue weighted by Crippen LogP contribution is 2.31. The summed E-state index contributed by atoms with van der Waals surface area (Å²) in [5.74, 6) is 1.95. The summed E-state index contributed by atoms with van der Waals surface area (Å²) in [4.78, 5) is 11.2. The fourth-order valence-corrected chi connectivity index (χ4v) is 3.29. The van der Waals surface area contributed by atoms with Gasteiger partial charge in [0.2, 0.25) is 0 Å². The molecule has 0 bridgehead atoms. The van der Waals surface area contributed by atoms with E-state index in [-0.39, 0.29) is 0 Å². The molecule has 5 nitrogen and oxygen atoms in total. The SMILES string of the molecule is C=C(C)N1CCC(c2cc(C)nc(Nc3cc(C#N)ccn3)c2)CC1. The van der Waals surface area contributed by atoms with Crippen LogP contribution >= 0.6 is 0 Å². The minimum atomic E-state index is 0.538. The first-order valence-corrected chi connectivity index (χ1v) is 8.57. The maximum Gasteiger partial charge on any atom is 0.132 e. The van der Waals surface area contributed by atoms with Gasteiger partial charge in [0.1, 0.15) is 11.6 Å². The van der Waals surface area contributed by atoms with Gasteiger partial charge in [0.25, 0.3) is 0 Å². The lowest BCUT2D eigenvalue weighted by atomic mass is 9.89. The van der Waals surface area contributed by atoms with Gasteiger partial charge in [-0.05, 0) is 62.4 Å². The molecule has 0 aromatic carbocycles. The first kappa shape index (κ1) is 17.0. The van der Waals surface area contributed by atoms with Crippen LogP contribution in [0.4, 0.5) is 11.6 Å². The second kappa shape index (κ2) is 7.35. The highest BCUT2D eigenvalue weighted by Gasteiger charge is 2.21. The molecule has 0 saturated carbocycles. The van der Waals surface area contributed by atoms with Crippen molar-refractivity contribution in [2.45, 2.75) is 32.6 Å². The Labute approximate surface area is 149 Å². The maximum absolute atomic E-state index is 9.02. The van der Waals surface area contributed by atoms with Crippen LogP contribution in [-0.2, 0) is 0 Å². The summed E-state index contributed by atoms with van der Waals surface area (Å²) < 4.78 is 0. The van der Waals surface area contributed by atoms with E-state index in [4.69, 9.17) is 5.26 Å². The number of rotatable bonds is 4. The van der Waals surface area contributed by atoms with E-state index in [1.54, 1.807) is 18.3 Å². The smallest absolute Gasteiger partial charge is 0.132 e. The molecule has 3 heterocycles. The van der Waals surface area contributed by atoms with Gasteiger partial charge >= 0.3 is 0 Å². The molecule has 1 N–H and O–H groups in total. The predicted octanol–water partition coefficient (Wildman–Crippen LogP) is 4.11. The Kier molecular flexibility index (Phi) is 4.99. The number of allylic oxidation sites excluding steroid dienone is 1. The van der Waals surface area contributed by atoms with E-state index in [0.29, 0.717) is 17.3 Å². The van der Waals surface area contributed by atoms with E-state index in [9.17, 15) is 0 Å².